The van der Waals surface area contributed by atoms with Crippen LogP contribution in [0, 0.1) is 5.41 Å². The zero-order valence-corrected chi connectivity index (χ0v) is 11.4. The molecule has 1 amide bonds. The molecule has 1 saturated heterocycles. The smallest absolute Gasteiger partial charge is 0.251 e. The van der Waals surface area contributed by atoms with Gasteiger partial charge in [-0.2, -0.15) is 0 Å². The molecule has 0 bridgehead atoms. The Bertz CT molecular complexity index is 444. The lowest BCUT2D eigenvalue weighted by molar-refractivity contribution is -0.0146. The van der Waals surface area contributed by atoms with E-state index in [4.69, 9.17) is 16.3 Å². The zero-order chi connectivity index (χ0) is 13.7. The lowest BCUT2D eigenvalue weighted by atomic mass is 9.81. The first kappa shape index (κ1) is 14.3. The maximum absolute atomic E-state index is 12.0. The maximum Gasteiger partial charge on any atom is 0.251 e. The molecule has 2 rings (SSSR count). The van der Waals surface area contributed by atoms with Crippen molar-refractivity contribution in [3.8, 4) is 0 Å². The van der Waals surface area contributed by atoms with Gasteiger partial charge in [-0.05, 0) is 31.0 Å². The lowest BCUT2D eigenvalue weighted by Gasteiger charge is -2.35. The Morgan fingerprint density at radius 1 is 1.42 bits per heavy atom. The van der Waals surface area contributed by atoms with Crippen molar-refractivity contribution < 1.29 is 14.6 Å². The van der Waals surface area contributed by atoms with Crippen LogP contribution in [0.4, 0.5) is 0 Å². The van der Waals surface area contributed by atoms with E-state index < -0.39 is 0 Å². The summed E-state index contributed by atoms with van der Waals surface area (Å²) in [7, 11) is 0. The van der Waals surface area contributed by atoms with Gasteiger partial charge in [0.2, 0.25) is 0 Å². The highest BCUT2D eigenvalue weighted by atomic mass is 35.5. The van der Waals surface area contributed by atoms with E-state index in [1.165, 1.54) is 0 Å². The molecule has 0 atom stereocenters. The number of amides is 1. The summed E-state index contributed by atoms with van der Waals surface area (Å²) in [6.45, 7) is 1.78. The SMILES string of the molecule is O=C(NCC1(CO)CCOCC1)c1cccc(Cl)c1. The second-order valence-corrected chi connectivity index (χ2v) is 5.40. The second kappa shape index (κ2) is 6.37. The molecule has 1 fully saturated rings. The maximum atomic E-state index is 12.0. The summed E-state index contributed by atoms with van der Waals surface area (Å²) in [4.78, 5) is 12.0. The number of hydrogen-bond acceptors (Lipinski definition) is 3. The van der Waals surface area contributed by atoms with Gasteiger partial charge in [-0.3, -0.25) is 4.79 Å². The highest BCUT2D eigenvalue weighted by Gasteiger charge is 2.32. The van der Waals surface area contributed by atoms with Crippen molar-refractivity contribution in [2.45, 2.75) is 12.8 Å². The number of rotatable bonds is 4. The van der Waals surface area contributed by atoms with E-state index in [-0.39, 0.29) is 17.9 Å². The van der Waals surface area contributed by atoms with Gasteiger partial charge in [0.05, 0.1) is 6.61 Å². The average molecular weight is 284 g/mol. The molecule has 0 spiro atoms. The van der Waals surface area contributed by atoms with Crippen LogP contribution in [0.15, 0.2) is 24.3 Å². The van der Waals surface area contributed by atoms with Crippen molar-refractivity contribution in [1.82, 2.24) is 5.32 Å². The quantitative estimate of drug-likeness (QED) is 0.887. The summed E-state index contributed by atoms with van der Waals surface area (Å²) in [6.07, 6.45) is 1.53. The van der Waals surface area contributed by atoms with Gasteiger partial charge in [-0.25, -0.2) is 0 Å². The first-order valence-electron chi connectivity index (χ1n) is 6.38. The van der Waals surface area contributed by atoms with E-state index >= 15 is 0 Å². The molecule has 0 saturated carbocycles. The Morgan fingerprint density at radius 2 is 2.16 bits per heavy atom. The highest BCUT2D eigenvalue weighted by molar-refractivity contribution is 6.30. The minimum atomic E-state index is -0.257. The van der Waals surface area contributed by atoms with Crippen molar-refractivity contribution in [3.05, 3.63) is 34.9 Å². The van der Waals surface area contributed by atoms with Gasteiger partial charge in [0.15, 0.2) is 0 Å². The van der Waals surface area contributed by atoms with Crippen LogP contribution in [-0.4, -0.2) is 37.4 Å². The van der Waals surface area contributed by atoms with Gasteiger partial charge in [0.1, 0.15) is 0 Å². The van der Waals surface area contributed by atoms with Gasteiger partial charge in [0.25, 0.3) is 5.91 Å². The van der Waals surface area contributed by atoms with Crippen molar-refractivity contribution in [2.24, 2.45) is 5.41 Å². The van der Waals surface area contributed by atoms with E-state index in [9.17, 15) is 9.90 Å². The first-order chi connectivity index (χ1) is 9.15. The van der Waals surface area contributed by atoms with Crippen molar-refractivity contribution >= 4 is 17.5 Å². The number of halogens is 1. The standard InChI is InChI=1S/C14H18ClNO3/c15-12-3-1-2-11(8-12)13(18)16-9-14(10-17)4-6-19-7-5-14/h1-3,8,17H,4-7,9-10H2,(H,16,18). The number of ether oxygens (including phenoxy) is 1. The molecule has 1 heterocycles. The topological polar surface area (TPSA) is 58.6 Å². The van der Waals surface area contributed by atoms with Gasteiger partial charge in [-0.1, -0.05) is 17.7 Å². The monoisotopic (exact) mass is 283 g/mol. The number of nitrogens with one attached hydrogen (secondary N) is 1. The number of benzene rings is 1. The van der Waals surface area contributed by atoms with Crippen LogP contribution in [0.2, 0.25) is 5.02 Å². The molecule has 1 aromatic rings. The normalized spacial score (nSPS) is 18.0. The summed E-state index contributed by atoms with van der Waals surface area (Å²) in [5, 5.41) is 13.0. The molecule has 19 heavy (non-hydrogen) atoms. The number of hydrogen-bond donors (Lipinski definition) is 2. The minimum absolute atomic E-state index is 0.0617. The summed E-state index contributed by atoms with van der Waals surface area (Å²) < 4.78 is 5.29. The van der Waals surface area contributed by atoms with Crippen molar-refractivity contribution in [2.75, 3.05) is 26.4 Å². The van der Waals surface area contributed by atoms with Crippen LogP contribution in [0.5, 0.6) is 0 Å². The van der Waals surface area contributed by atoms with Crippen LogP contribution < -0.4 is 5.32 Å². The molecule has 4 nitrogen and oxygen atoms in total. The molecule has 1 aliphatic heterocycles. The molecule has 0 unspecified atom stereocenters. The molecule has 0 aromatic heterocycles. The lowest BCUT2D eigenvalue weighted by Crippen LogP contribution is -2.43. The molecule has 104 valence electrons. The number of aliphatic hydroxyl groups is 1. The van der Waals surface area contributed by atoms with Gasteiger partial charge in [0, 0.05) is 35.8 Å². The van der Waals surface area contributed by atoms with Gasteiger partial charge >= 0.3 is 0 Å². The van der Waals surface area contributed by atoms with Crippen LogP contribution in [0.3, 0.4) is 0 Å². The fourth-order valence-corrected chi connectivity index (χ4v) is 2.39. The third kappa shape index (κ3) is 3.69. The Labute approximate surface area is 117 Å². The average Bonchev–Trinajstić information content (AvgIpc) is 2.46. The Morgan fingerprint density at radius 3 is 2.79 bits per heavy atom. The van der Waals surface area contributed by atoms with Crippen molar-refractivity contribution in [1.29, 1.82) is 0 Å². The van der Waals surface area contributed by atoms with E-state index in [1.54, 1.807) is 24.3 Å². The van der Waals surface area contributed by atoms with E-state index in [1.807, 2.05) is 0 Å². The minimum Gasteiger partial charge on any atom is -0.396 e. The fourth-order valence-electron chi connectivity index (χ4n) is 2.19. The molecule has 2 N–H and O–H groups in total. The van der Waals surface area contributed by atoms with E-state index in [0.29, 0.717) is 30.3 Å². The number of carbonyl (C=O) groups excluding carboxylic acids is 1. The Hall–Kier alpha value is -1.10. The summed E-state index contributed by atoms with van der Waals surface area (Å²) in [6, 6.07) is 6.82. The Balaban J connectivity index is 1.95. The van der Waals surface area contributed by atoms with Crippen LogP contribution in [-0.2, 0) is 4.74 Å². The third-order valence-electron chi connectivity index (χ3n) is 3.60. The molecular formula is C14H18ClNO3. The fraction of sp³-hybridized carbons (Fsp3) is 0.500. The second-order valence-electron chi connectivity index (χ2n) is 4.96. The Kier molecular flexibility index (Phi) is 4.80. The van der Waals surface area contributed by atoms with Crippen LogP contribution in [0.25, 0.3) is 0 Å². The molecule has 1 aliphatic rings. The molecule has 0 aliphatic carbocycles. The highest BCUT2D eigenvalue weighted by Crippen LogP contribution is 2.29. The molecule has 5 heteroatoms. The van der Waals surface area contributed by atoms with Gasteiger partial charge < -0.3 is 15.2 Å². The van der Waals surface area contributed by atoms with E-state index in [2.05, 4.69) is 5.32 Å². The third-order valence-corrected chi connectivity index (χ3v) is 3.83. The predicted molar refractivity (Wildman–Crippen MR) is 73.4 cm³/mol. The number of carbonyl (C=O) groups is 1. The molecule has 0 radical (unpaired) electrons. The van der Waals surface area contributed by atoms with Crippen LogP contribution >= 0.6 is 11.6 Å². The largest absolute Gasteiger partial charge is 0.396 e. The first-order valence-corrected chi connectivity index (χ1v) is 6.75. The van der Waals surface area contributed by atoms with Crippen molar-refractivity contribution in [3.63, 3.8) is 0 Å². The zero-order valence-electron chi connectivity index (χ0n) is 10.7. The molecule has 1 aromatic carbocycles. The summed E-state index contributed by atoms with van der Waals surface area (Å²) in [5.74, 6) is -0.165. The summed E-state index contributed by atoms with van der Waals surface area (Å²) >= 11 is 5.86. The van der Waals surface area contributed by atoms with Gasteiger partial charge in [-0.15, -0.1) is 0 Å². The predicted octanol–water partition coefficient (Wildman–Crippen LogP) is 1.86. The number of aliphatic hydroxyl groups excluding tert-OH is 1. The molecular weight excluding hydrogens is 266 g/mol. The van der Waals surface area contributed by atoms with E-state index in [0.717, 1.165) is 12.8 Å². The van der Waals surface area contributed by atoms with Crippen LogP contribution in [0.1, 0.15) is 23.2 Å². The summed E-state index contributed by atoms with van der Waals surface area (Å²) in [5.41, 5.74) is 0.277.